The Hall–Kier alpha value is -3.60. The number of phenols is 1. The van der Waals surface area contributed by atoms with E-state index < -0.39 is 0 Å². The number of para-hydroxylation sites is 1. The number of nitrogens with zero attached hydrogens (tertiary/aromatic N) is 2. The van der Waals surface area contributed by atoms with Crippen molar-refractivity contribution in [1.29, 1.82) is 0 Å². The first-order valence-electron chi connectivity index (χ1n) is 8.88. The Morgan fingerprint density at radius 2 is 1.52 bits per heavy atom. The Morgan fingerprint density at radius 3 is 2.33 bits per heavy atom. The largest absolute Gasteiger partial charge is 0.508 e. The van der Waals surface area contributed by atoms with E-state index >= 15 is 0 Å². The van der Waals surface area contributed by atoms with Crippen LogP contribution in [0.2, 0.25) is 0 Å². The van der Waals surface area contributed by atoms with Crippen molar-refractivity contribution in [2.45, 2.75) is 6.42 Å². The van der Waals surface area contributed by atoms with Crippen LogP contribution in [0.25, 0.3) is 10.9 Å². The van der Waals surface area contributed by atoms with Crippen molar-refractivity contribution in [2.75, 3.05) is 17.2 Å². The average molecular weight is 356 g/mol. The third-order valence-electron chi connectivity index (χ3n) is 4.28. The molecular formula is C22H20N4O. The molecule has 4 aromatic rings. The molecule has 0 atom stereocenters. The second-order valence-corrected chi connectivity index (χ2v) is 6.25. The van der Waals surface area contributed by atoms with Gasteiger partial charge >= 0.3 is 0 Å². The fraction of sp³-hybridized carbons (Fsp3) is 0.0909. The zero-order valence-electron chi connectivity index (χ0n) is 14.8. The Labute approximate surface area is 157 Å². The van der Waals surface area contributed by atoms with Crippen molar-refractivity contribution in [3.63, 3.8) is 0 Å². The summed E-state index contributed by atoms with van der Waals surface area (Å²) in [5, 5.41) is 17.1. The number of rotatable bonds is 6. The molecule has 134 valence electrons. The lowest BCUT2D eigenvalue weighted by molar-refractivity contribution is 0.475. The quantitative estimate of drug-likeness (QED) is 0.436. The van der Waals surface area contributed by atoms with Crippen molar-refractivity contribution >= 4 is 28.4 Å². The molecule has 0 fully saturated rings. The topological polar surface area (TPSA) is 70.1 Å². The minimum Gasteiger partial charge on any atom is -0.508 e. The molecule has 3 N–H and O–H groups in total. The lowest BCUT2D eigenvalue weighted by atomic mass is 10.1. The van der Waals surface area contributed by atoms with Gasteiger partial charge < -0.3 is 15.7 Å². The molecule has 0 aliphatic heterocycles. The van der Waals surface area contributed by atoms with Crippen LogP contribution in [0.1, 0.15) is 5.56 Å². The summed E-state index contributed by atoms with van der Waals surface area (Å²) >= 11 is 0. The third-order valence-corrected chi connectivity index (χ3v) is 4.28. The molecule has 0 saturated carbocycles. The highest BCUT2D eigenvalue weighted by atomic mass is 16.3. The first-order valence-corrected chi connectivity index (χ1v) is 8.88. The fourth-order valence-electron chi connectivity index (χ4n) is 2.91. The Morgan fingerprint density at radius 1 is 0.778 bits per heavy atom. The summed E-state index contributed by atoms with van der Waals surface area (Å²) in [7, 11) is 0. The number of phenolic OH excluding ortho intramolecular Hbond substituents is 1. The first-order chi connectivity index (χ1) is 13.3. The van der Waals surface area contributed by atoms with Gasteiger partial charge in [0.2, 0.25) is 5.95 Å². The minimum absolute atomic E-state index is 0.225. The normalized spacial score (nSPS) is 10.7. The fourth-order valence-corrected chi connectivity index (χ4v) is 2.91. The average Bonchev–Trinajstić information content (AvgIpc) is 2.70. The summed E-state index contributed by atoms with van der Waals surface area (Å²) in [6.45, 7) is 0.781. The molecule has 0 saturated heterocycles. The number of aromatic hydroxyl groups is 1. The van der Waals surface area contributed by atoms with E-state index in [1.807, 2.05) is 30.3 Å². The van der Waals surface area contributed by atoms with Gasteiger partial charge in [-0.3, -0.25) is 0 Å². The molecule has 3 aromatic carbocycles. The van der Waals surface area contributed by atoms with E-state index in [9.17, 15) is 5.11 Å². The van der Waals surface area contributed by atoms with Crippen LogP contribution in [0, 0.1) is 0 Å². The zero-order chi connectivity index (χ0) is 18.5. The Kier molecular flexibility index (Phi) is 4.83. The highest BCUT2D eigenvalue weighted by molar-refractivity contribution is 5.90. The summed E-state index contributed by atoms with van der Waals surface area (Å²) in [5.74, 6) is 1.54. The van der Waals surface area contributed by atoms with Crippen LogP contribution in [-0.4, -0.2) is 21.6 Å². The number of nitrogens with one attached hydrogen (secondary N) is 2. The van der Waals surface area contributed by atoms with Crippen molar-refractivity contribution in [1.82, 2.24) is 9.97 Å². The maximum atomic E-state index is 9.43. The zero-order valence-corrected chi connectivity index (χ0v) is 14.8. The van der Waals surface area contributed by atoms with E-state index in [0.29, 0.717) is 5.95 Å². The van der Waals surface area contributed by atoms with Gasteiger partial charge in [-0.1, -0.05) is 42.5 Å². The highest BCUT2D eigenvalue weighted by Crippen LogP contribution is 2.24. The molecule has 0 amide bonds. The van der Waals surface area contributed by atoms with Crippen molar-refractivity contribution in [2.24, 2.45) is 0 Å². The van der Waals surface area contributed by atoms with Gasteiger partial charge in [0.25, 0.3) is 0 Å². The summed E-state index contributed by atoms with van der Waals surface area (Å²) in [6.07, 6.45) is 0.917. The van der Waals surface area contributed by atoms with E-state index in [1.165, 1.54) is 5.56 Å². The summed E-state index contributed by atoms with van der Waals surface area (Å²) < 4.78 is 0. The molecule has 5 heteroatoms. The standard InChI is InChI=1S/C22H20N4O/c27-18-12-10-17(11-13-18)24-22-25-20-9-5-4-8-19(20)21(26-22)23-15-14-16-6-2-1-3-7-16/h1-13,27H,14-15H2,(H2,23,24,25,26). The van der Waals surface area contributed by atoms with Crippen LogP contribution in [0.5, 0.6) is 5.75 Å². The molecule has 1 heterocycles. The molecule has 0 bridgehead atoms. The number of benzene rings is 3. The molecule has 1 aromatic heterocycles. The molecule has 4 rings (SSSR count). The number of fused-ring (bicyclic) bond motifs is 1. The molecule has 0 aliphatic carbocycles. The van der Waals surface area contributed by atoms with E-state index in [1.54, 1.807) is 24.3 Å². The molecule has 27 heavy (non-hydrogen) atoms. The number of aromatic nitrogens is 2. The number of hydrogen-bond acceptors (Lipinski definition) is 5. The van der Waals surface area contributed by atoms with Gasteiger partial charge in [0, 0.05) is 17.6 Å². The second-order valence-electron chi connectivity index (χ2n) is 6.25. The number of anilines is 3. The SMILES string of the molecule is Oc1ccc(Nc2nc(NCCc3ccccc3)c3ccccc3n2)cc1. The van der Waals surface area contributed by atoms with Gasteiger partial charge in [-0.2, -0.15) is 4.98 Å². The van der Waals surface area contributed by atoms with Gasteiger partial charge in [-0.05, 0) is 48.4 Å². The minimum atomic E-state index is 0.225. The van der Waals surface area contributed by atoms with Gasteiger partial charge in [0.15, 0.2) is 0 Å². The van der Waals surface area contributed by atoms with Crippen LogP contribution in [0.3, 0.4) is 0 Å². The van der Waals surface area contributed by atoms with Gasteiger partial charge in [-0.25, -0.2) is 4.98 Å². The lowest BCUT2D eigenvalue weighted by Gasteiger charge is -2.12. The van der Waals surface area contributed by atoms with Gasteiger partial charge in [0.1, 0.15) is 11.6 Å². The lowest BCUT2D eigenvalue weighted by Crippen LogP contribution is -2.09. The Bertz CT molecular complexity index is 1030. The van der Waals surface area contributed by atoms with Crippen LogP contribution in [0.4, 0.5) is 17.5 Å². The van der Waals surface area contributed by atoms with E-state index in [2.05, 4.69) is 44.9 Å². The number of hydrogen-bond donors (Lipinski definition) is 3. The predicted molar refractivity (Wildman–Crippen MR) is 110 cm³/mol. The predicted octanol–water partition coefficient (Wildman–Crippen LogP) is 4.73. The molecule has 0 spiro atoms. The second kappa shape index (κ2) is 7.74. The van der Waals surface area contributed by atoms with E-state index in [-0.39, 0.29) is 5.75 Å². The van der Waals surface area contributed by atoms with E-state index in [4.69, 9.17) is 0 Å². The van der Waals surface area contributed by atoms with Crippen molar-refractivity contribution < 1.29 is 5.11 Å². The molecule has 0 radical (unpaired) electrons. The van der Waals surface area contributed by atoms with Gasteiger partial charge in [-0.15, -0.1) is 0 Å². The summed E-state index contributed by atoms with van der Waals surface area (Å²) in [4.78, 5) is 9.25. The summed E-state index contributed by atoms with van der Waals surface area (Å²) in [6, 6.07) is 25.1. The Balaban J connectivity index is 1.57. The monoisotopic (exact) mass is 356 g/mol. The molecular weight excluding hydrogens is 336 g/mol. The molecule has 0 unspecified atom stereocenters. The van der Waals surface area contributed by atoms with E-state index in [0.717, 1.165) is 35.4 Å². The highest BCUT2D eigenvalue weighted by Gasteiger charge is 2.08. The maximum Gasteiger partial charge on any atom is 0.229 e. The van der Waals surface area contributed by atoms with Crippen LogP contribution >= 0.6 is 0 Å². The van der Waals surface area contributed by atoms with Crippen LogP contribution in [0.15, 0.2) is 78.9 Å². The third kappa shape index (κ3) is 4.15. The van der Waals surface area contributed by atoms with Crippen LogP contribution in [-0.2, 0) is 6.42 Å². The molecule has 0 aliphatic rings. The van der Waals surface area contributed by atoms with Crippen LogP contribution < -0.4 is 10.6 Å². The van der Waals surface area contributed by atoms with Gasteiger partial charge in [0.05, 0.1) is 5.52 Å². The maximum absolute atomic E-state index is 9.43. The first kappa shape index (κ1) is 16.8. The van der Waals surface area contributed by atoms with Crippen molar-refractivity contribution in [3.05, 3.63) is 84.4 Å². The molecule has 5 nitrogen and oxygen atoms in total. The smallest absolute Gasteiger partial charge is 0.229 e. The summed E-state index contributed by atoms with van der Waals surface area (Å²) in [5.41, 5.74) is 2.97. The van der Waals surface area contributed by atoms with Crippen molar-refractivity contribution in [3.8, 4) is 5.75 Å².